The lowest BCUT2D eigenvalue weighted by atomic mass is 9.90. The molecule has 0 saturated heterocycles. The van der Waals surface area contributed by atoms with Gasteiger partial charge in [0.1, 0.15) is 6.61 Å². The number of ketones is 2. The first kappa shape index (κ1) is 17.8. The largest absolute Gasteiger partial charge is 0.461 e. The molecule has 0 N–H and O–H groups in total. The van der Waals surface area contributed by atoms with E-state index < -0.39 is 46.7 Å². The summed E-state index contributed by atoms with van der Waals surface area (Å²) in [4.78, 5) is 40.3. The first-order valence-corrected chi connectivity index (χ1v) is 7.14. The Morgan fingerprint density at radius 1 is 1.38 bits per heavy atom. The van der Waals surface area contributed by atoms with Crippen LogP contribution in [0.2, 0.25) is 0 Å². The Morgan fingerprint density at radius 2 is 2.04 bits per heavy atom. The first-order chi connectivity index (χ1) is 11.3. The van der Waals surface area contributed by atoms with Gasteiger partial charge in [0.15, 0.2) is 17.5 Å². The van der Waals surface area contributed by atoms with Crippen LogP contribution in [0.5, 0.6) is 0 Å². The molecule has 2 rings (SSSR count). The molecule has 1 aromatic heterocycles. The van der Waals surface area contributed by atoms with Crippen LogP contribution in [0.3, 0.4) is 0 Å². The zero-order valence-electron chi connectivity index (χ0n) is 12.5. The fraction of sp³-hybridized carbons (Fsp3) is 0.375. The summed E-state index contributed by atoms with van der Waals surface area (Å²) in [5.41, 5.74) is -2.06. The van der Waals surface area contributed by atoms with Gasteiger partial charge in [-0.15, -0.1) is 0 Å². The van der Waals surface area contributed by atoms with E-state index in [1.165, 1.54) is 6.08 Å². The standard InChI is InChI=1S/C16H14F3NO4/c1-2-7-24-15(23)12(13(21)9-3-4-9)14(22)10-8-20-6-5-11(10)16(17,18)19/h2,5-6,8-9,12H,1,3-4,7H2. The van der Waals surface area contributed by atoms with Crippen molar-refractivity contribution in [2.45, 2.75) is 19.0 Å². The van der Waals surface area contributed by atoms with E-state index in [4.69, 9.17) is 4.74 Å². The van der Waals surface area contributed by atoms with Crippen LogP contribution in [-0.4, -0.2) is 29.1 Å². The van der Waals surface area contributed by atoms with Crippen molar-refractivity contribution in [2.75, 3.05) is 6.61 Å². The highest BCUT2D eigenvalue weighted by atomic mass is 19.4. The van der Waals surface area contributed by atoms with Gasteiger partial charge in [0, 0.05) is 23.9 Å². The molecular weight excluding hydrogens is 327 g/mol. The Morgan fingerprint density at radius 3 is 2.58 bits per heavy atom. The minimum Gasteiger partial charge on any atom is -0.461 e. The molecule has 1 saturated carbocycles. The van der Waals surface area contributed by atoms with Gasteiger partial charge in [0.25, 0.3) is 0 Å². The quantitative estimate of drug-likeness (QED) is 0.330. The molecule has 0 bridgehead atoms. The SMILES string of the molecule is C=CCOC(=O)C(C(=O)c1cnccc1C(F)(F)F)C(=O)C1CC1. The summed E-state index contributed by atoms with van der Waals surface area (Å²) in [5.74, 6) is -5.55. The lowest BCUT2D eigenvalue weighted by Gasteiger charge is -2.16. The number of hydrogen-bond acceptors (Lipinski definition) is 5. The molecule has 8 heteroatoms. The second-order valence-corrected chi connectivity index (χ2v) is 5.31. The maximum atomic E-state index is 13.1. The first-order valence-electron chi connectivity index (χ1n) is 7.14. The topological polar surface area (TPSA) is 73.3 Å². The van der Waals surface area contributed by atoms with Crippen molar-refractivity contribution in [2.24, 2.45) is 11.8 Å². The summed E-state index contributed by atoms with van der Waals surface area (Å²) in [6.45, 7) is 3.08. The van der Waals surface area contributed by atoms with Gasteiger partial charge >= 0.3 is 12.1 Å². The second kappa shape index (κ2) is 6.94. The van der Waals surface area contributed by atoms with Gasteiger partial charge in [-0.1, -0.05) is 12.7 Å². The predicted octanol–water partition coefficient (Wildman–Crippen LogP) is 2.61. The van der Waals surface area contributed by atoms with Crippen LogP contribution in [0, 0.1) is 11.8 Å². The van der Waals surface area contributed by atoms with E-state index in [1.54, 1.807) is 0 Å². The number of esters is 1. The lowest BCUT2D eigenvalue weighted by Crippen LogP contribution is -2.35. The van der Waals surface area contributed by atoms with Crippen molar-refractivity contribution >= 4 is 17.5 Å². The number of alkyl halides is 3. The smallest absolute Gasteiger partial charge is 0.417 e. The van der Waals surface area contributed by atoms with Crippen molar-refractivity contribution in [3.05, 3.63) is 42.2 Å². The van der Waals surface area contributed by atoms with Gasteiger partial charge in [-0.2, -0.15) is 13.2 Å². The summed E-state index contributed by atoms with van der Waals surface area (Å²) >= 11 is 0. The van der Waals surface area contributed by atoms with Crippen molar-refractivity contribution < 1.29 is 32.3 Å². The summed E-state index contributed by atoms with van der Waals surface area (Å²) < 4.78 is 43.9. The molecule has 1 aliphatic rings. The Hall–Kier alpha value is -2.51. The van der Waals surface area contributed by atoms with E-state index >= 15 is 0 Å². The summed E-state index contributed by atoms with van der Waals surface area (Å²) in [7, 11) is 0. The van der Waals surface area contributed by atoms with Gasteiger partial charge in [0.2, 0.25) is 0 Å². The van der Waals surface area contributed by atoms with Crippen molar-refractivity contribution in [3.8, 4) is 0 Å². The molecule has 1 aromatic rings. The van der Waals surface area contributed by atoms with E-state index in [9.17, 15) is 27.6 Å². The number of pyridine rings is 1. The van der Waals surface area contributed by atoms with E-state index in [1.807, 2.05) is 0 Å². The molecule has 5 nitrogen and oxygen atoms in total. The summed E-state index contributed by atoms with van der Waals surface area (Å²) in [6, 6.07) is 0.626. The average molecular weight is 341 g/mol. The van der Waals surface area contributed by atoms with Gasteiger partial charge < -0.3 is 4.74 Å². The van der Waals surface area contributed by atoms with Gasteiger partial charge in [-0.25, -0.2) is 0 Å². The fourth-order valence-corrected chi connectivity index (χ4v) is 2.17. The number of carbonyl (C=O) groups excluding carboxylic acids is 3. The molecule has 1 atom stereocenters. The predicted molar refractivity (Wildman–Crippen MR) is 75.9 cm³/mol. The molecule has 0 radical (unpaired) electrons. The number of carbonyl (C=O) groups is 3. The van der Waals surface area contributed by atoms with E-state index in [-0.39, 0.29) is 6.61 Å². The van der Waals surface area contributed by atoms with E-state index in [2.05, 4.69) is 11.6 Å². The molecule has 0 spiro atoms. The normalized spacial score (nSPS) is 15.5. The fourth-order valence-electron chi connectivity index (χ4n) is 2.17. The second-order valence-electron chi connectivity index (χ2n) is 5.31. The molecule has 1 unspecified atom stereocenters. The zero-order valence-corrected chi connectivity index (χ0v) is 12.5. The summed E-state index contributed by atoms with van der Waals surface area (Å²) in [5, 5.41) is 0. The Balaban J connectivity index is 2.39. The Labute approximate surface area is 135 Å². The minimum absolute atomic E-state index is 0.250. The number of halogens is 3. The molecule has 0 aliphatic heterocycles. The monoisotopic (exact) mass is 341 g/mol. The molecule has 24 heavy (non-hydrogen) atoms. The number of hydrogen-bond donors (Lipinski definition) is 0. The third-order valence-electron chi connectivity index (χ3n) is 3.50. The number of nitrogens with zero attached hydrogens (tertiary/aromatic N) is 1. The highest BCUT2D eigenvalue weighted by molar-refractivity contribution is 6.23. The third-order valence-corrected chi connectivity index (χ3v) is 3.50. The van der Waals surface area contributed by atoms with Gasteiger partial charge in [-0.05, 0) is 18.9 Å². The number of Topliss-reactive ketones (excluding diaryl/α,β-unsaturated/α-hetero) is 2. The summed E-state index contributed by atoms with van der Waals surface area (Å²) in [6.07, 6.45) is -1.00. The molecule has 0 aromatic carbocycles. The van der Waals surface area contributed by atoms with E-state index in [0.717, 1.165) is 6.20 Å². The van der Waals surface area contributed by atoms with Gasteiger partial charge in [-0.3, -0.25) is 19.4 Å². The van der Waals surface area contributed by atoms with Crippen LogP contribution < -0.4 is 0 Å². The molecule has 0 amide bonds. The van der Waals surface area contributed by atoms with Crippen LogP contribution in [0.15, 0.2) is 31.1 Å². The molecule has 1 heterocycles. The third kappa shape index (κ3) is 3.87. The van der Waals surface area contributed by atoms with Crippen LogP contribution in [-0.2, 0) is 20.5 Å². The van der Waals surface area contributed by atoms with Crippen LogP contribution in [0.25, 0.3) is 0 Å². The van der Waals surface area contributed by atoms with Crippen LogP contribution in [0.1, 0.15) is 28.8 Å². The Bertz CT molecular complexity index is 680. The van der Waals surface area contributed by atoms with Gasteiger partial charge in [0.05, 0.1) is 5.56 Å². The van der Waals surface area contributed by atoms with Crippen molar-refractivity contribution in [3.63, 3.8) is 0 Å². The highest BCUT2D eigenvalue weighted by Crippen LogP contribution is 2.36. The Kier molecular flexibility index (Phi) is 5.16. The molecule has 128 valence electrons. The van der Waals surface area contributed by atoms with Crippen molar-refractivity contribution in [1.29, 1.82) is 0 Å². The number of aromatic nitrogens is 1. The average Bonchev–Trinajstić information content (AvgIpc) is 3.37. The van der Waals surface area contributed by atoms with Crippen molar-refractivity contribution in [1.82, 2.24) is 4.98 Å². The maximum absolute atomic E-state index is 13.1. The molecular formula is C16H14F3NO4. The highest BCUT2D eigenvalue weighted by Gasteiger charge is 2.46. The molecule has 1 fully saturated rings. The van der Waals surface area contributed by atoms with Crippen LogP contribution in [0.4, 0.5) is 13.2 Å². The lowest BCUT2D eigenvalue weighted by molar-refractivity contribution is -0.149. The number of ether oxygens (including phenoxy) is 1. The van der Waals surface area contributed by atoms with E-state index in [0.29, 0.717) is 25.1 Å². The molecule has 1 aliphatic carbocycles. The minimum atomic E-state index is -4.81. The maximum Gasteiger partial charge on any atom is 0.417 e. The zero-order chi connectivity index (χ0) is 17.9. The number of rotatable bonds is 7. The van der Waals surface area contributed by atoms with Crippen LogP contribution >= 0.6 is 0 Å².